The smallest absolute Gasteiger partial charge is 0.354 e. The van der Waals surface area contributed by atoms with Gasteiger partial charge in [-0.2, -0.15) is 4.98 Å². The number of nitrogens with zero attached hydrogens (tertiary/aromatic N) is 2. The standard InChI is InChI=1S/C31H40ClFN10O/c1-18(34)4-3-5-21-12-25(28(33)26(32)13-21)27-14-22-17-43(31(44)42-29(22)41-27)24-8-6-20(7-9-24)15-40-23(16-39-19(2)35)10-11-38-30(36)37/h6-9,12-14,17-18,23,40H,3-5,10-11,15-16,34H2,1-2H3,(H2,35,39)(H4,36,37,38)(H,41,42,44)/t18-,23+/m0/s1. The molecule has 2 atom stereocenters. The van der Waals surface area contributed by atoms with Crippen LogP contribution in [-0.4, -0.2) is 51.5 Å². The molecular formula is C31H40ClFN10O. The van der Waals surface area contributed by atoms with Crippen molar-refractivity contribution in [3.05, 3.63) is 81.1 Å². The quantitative estimate of drug-likeness (QED) is 0.0776. The molecule has 4 rings (SSSR count). The van der Waals surface area contributed by atoms with Crippen LogP contribution in [0.4, 0.5) is 4.39 Å². The summed E-state index contributed by atoms with van der Waals surface area (Å²) >= 11 is 6.24. The molecule has 0 bridgehead atoms. The van der Waals surface area contributed by atoms with Gasteiger partial charge in [-0.05, 0) is 81.0 Å². The first-order chi connectivity index (χ1) is 21.0. The van der Waals surface area contributed by atoms with E-state index >= 15 is 4.39 Å². The monoisotopic (exact) mass is 622 g/mol. The molecule has 10 N–H and O–H groups in total. The number of nitrogens with one attached hydrogen (secondary N) is 6. The Balaban J connectivity index is 1.50. The highest BCUT2D eigenvalue weighted by molar-refractivity contribution is 6.31. The summed E-state index contributed by atoms with van der Waals surface area (Å²) in [5.74, 6) is -0.236. The van der Waals surface area contributed by atoms with Gasteiger partial charge in [0.2, 0.25) is 0 Å². The molecule has 0 unspecified atom stereocenters. The van der Waals surface area contributed by atoms with Crippen LogP contribution in [0.1, 0.15) is 44.2 Å². The van der Waals surface area contributed by atoms with E-state index in [1.165, 1.54) is 4.57 Å². The highest BCUT2D eigenvalue weighted by Gasteiger charge is 2.16. The minimum Gasteiger partial charge on any atom is -0.373 e. The average Bonchev–Trinajstić information content (AvgIpc) is 3.38. The van der Waals surface area contributed by atoms with Gasteiger partial charge in [0, 0.05) is 48.9 Å². The Labute approximate surface area is 260 Å². The van der Waals surface area contributed by atoms with Gasteiger partial charge in [-0.3, -0.25) is 15.4 Å². The molecule has 4 aromatic rings. The molecule has 0 fully saturated rings. The average molecular weight is 623 g/mol. The molecule has 0 aliphatic heterocycles. The lowest BCUT2D eigenvalue weighted by molar-refractivity contribution is 0.470. The number of hydrogen-bond acceptors (Lipinski definition) is 6. The number of amidine groups is 1. The van der Waals surface area contributed by atoms with Gasteiger partial charge in [-0.1, -0.05) is 23.7 Å². The first-order valence-electron chi connectivity index (χ1n) is 14.6. The Morgan fingerprint density at radius 1 is 1.14 bits per heavy atom. The lowest BCUT2D eigenvalue weighted by Gasteiger charge is -2.20. The van der Waals surface area contributed by atoms with Gasteiger partial charge in [0.1, 0.15) is 5.65 Å². The fourth-order valence-electron chi connectivity index (χ4n) is 4.91. The summed E-state index contributed by atoms with van der Waals surface area (Å²) < 4.78 is 16.6. The van der Waals surface area contributed by atoms with Gasteiger partial charge < -0.3 is 32.4 Å². The molecule has 0 radical (unpaired) electrons. The van der Waals surface area contributed by atoms with E-state index in [-0.39, 0.29) is 23.1 Å². The Bertz CT molecular complexity index is 1660. The third kappa shape index (κ3) is 8.88. The molecule has 11 nitrogen and oxygen atoms in total. The molecule has 0 aliphatic carbocycles. The van der Waals surface area contributed by atoms with E-state index in [0.717, 1.165) is 30.4 Å². The van der Waals surface area contributed by atoms with Crippen LogP contribution in [0.3, 0.4) is 0 Å². The second-order valence-corrected chi connectivity index (χ2v) is 11.5. The number of hydrogen-bond donors (Lipinski definition) is 8. The zero-order chi connectivity index (χ0) is 31.8. The van der Waals surface area contributed by atoms with Gasteiger partial charge in [-0.25, -0.2) is 9.18 Å². The summed E-state index contributed by atoms with van der Waals surface area (Å²) in [6.07, 6.45) is 4.83. The lowest BCUT2D eigenvalue weighted by Crippen LogP contribution is -2.42. The molecule has 0 aliphatic rings. The van der Waals surface area contributed by atoms with Crippen LogP contribution >= 0.6 is 11.6 Å². The Hall–Kier alpha value is -4.26. The molecule has 0 amide bonds. The minimum atomic E-state index is -0.533. The number of rotatable bonds is 14. The zero-order valence-electron chi connectivity index (χ0n) is 24.9. The Morgan fingerprint density at radius 2 is 1.89 bits per heavy atom. The Kier molecular flexibility index (Phi) is 11.1. The van der Waals surface area contributed by atoms with Crippen LogP contribution < -0.4 is 33.1 Å². The second-order valence-electron chi connectivity index (χ2n) is 11.1. The number of H-pyrrole nitrogens is 1. The van der Waals surface area contributed by atoms with E-state index < -0.39 is 11.5 Å². The number of halogens is 2. The van der Waals surface area contributed by atoms with Crippen molar-refractivity contribution in [1.82, 2.24) is 30.5 Å². The van der Waals surface area contributed by atoms with Crippen LogP contribution in [0.2, 0.25) is 5.02 Å². The molecule has 44 heavy (non-hydrogen) atoms. The molecule has 0 saturated heterocycles. The lowest BCUT2D eigenvalue weighted by atomic mass is 10.0. The number of aromatic amines is 1. The van der Waals surface area contributed by atoms with Gasteiger partial charge in [0.05, 0.1) is 22.2 Å². The molecule has 0 saturated carbocycles. The van der Waals surface area contributed by atoms with Crippen LogP contribution in [0.25, 0.3) is 28.0 Å². The SMILES string of the molecule is CC(=N)NC[C@@H](CCNC(=N)N)NCc1ccc(-n2cc3cc(-c4cc(CCC[C@H](C)N)cc(Cl)c4F)[nH]c3nc2=O)cc1. The first-order valence-corrected chi connectivity index (χ1v) is 14.9. The highest BCUT2D eigenvalue weighted by Crippen LogP contribution is 2.31. The molecular weight excluding hydrogens is 583 g/mol. The molecule has 13 heteroatoms. The van der Waals surface area contributed by atoms with Crippen molar-refractivity contribution in [2.45, 2.75) is 58.2 Å². The van der Waals surface area contributed by atoms with E-state index in [0.29, 0.717) is 59.9 Å². The number of fused-ring (bicyclic) bond motifs is 1. The van der Waals surface area contributed by atoms with Crippen molar-refractivity contribution in [2.24, 2.45) is 11.5 Å². The summed E-state index contributed by atoms with van der Waals surface area (Å²) in [6, 6.07) is 12.9. The maximum atomic E-state index is 15.1. The van der Waals surface area contributed by atoms with E-state index in [2.05, 4.69) is 25.9 Å². The van der Waals surface area contributed by atoms with Crippen molar-refractivity contribution in [3.63, 3.8) is 0 Å². The molecule has 2 heterocycles. The number of nitrogens with two attached hydrogens (primary N) is 2. The first kappa shape index (κ1) is 32.6. The number of aryl methyl sites for hydroxylation is 1. The molecule has 234 valence electrons. The fourth-order valence-corrected chi connectivity index (χ4v) is 5.15. The summed E-state index contributed by atoms with van der Waals surface area (Å²) in [5.41, 5.74) is 14.5. The third-order valence-corrected chi connectivity index (χ3v) is 7.52. The Morgan fingerprint density at radius 3 is 2.57 bits per heavy atom. The van der Waals surface area contributed by atoms with Crippen LogP contribution in [0, 0.1) is 16.6 Å². The maximum absolute atomic E-state index is 15.1. The summed E-state index contributed by atoms with van der Waals surface area (Å²) in [5, 5.41) is 25.0. The highest BCUT2D eigenvalue weighted by atomic mass is 35.5. The predicted molar refractivity (Wildman–Crippen MR) is 175 cm³/mol. The maximum Gasteiger partial charge on any atom is 0.354 e. The summed E-state index contributed by atoms with van der Waals surface area (Å²) in [4.78, 5) is 20.3. The number of aromatic nitrogens is 3. The fraction of sp³-hybridized carbons (Fsp3) is 0.355. The van der Waals surface area contributed by atoms with Crippen molar-refractivity contribution in [3.8, 4) is 16.9 Å². The largest absolute Gasteiger partial charge is 0.373 e. The van der Waals surface area contributed by atoms with Crippen molar-refractivity contribution < 1.29 is 4.39 Å². The van der Waals surface area contributed by atoms with Gasteiger partial charge in [0.25, 0.3) is 0 Å². The van der Waals surface area contributed by atoms with Gasteiger partial charge in [-0.15, -0.1) is 0 Å². The van der Waals surface area contributed by atoms with E-state index in [9.17, 15) is 4.79 Å². The molecule has 2 aromatic heterocycles. The number of guanidine groups is 1. The van der Waals surface area contributed by atoms with E-state index in [1.807, 2.05) is 31.2 Å². The molecule has 2 aromatic carbocycles. The predicted octanol–water partition coefficient (Wildman–Crippen LogP) is 3.76. The van der Waals surface area contributed by atoms with Crippen LogP contribution in [-0.2, 0) is 13.0 Å². The minimum absolute atomic E-state index is 0.0360. The zero-order valence-corrected chi connectivity index (χ0v) is 25.7. The van der Waals surface area contributed by atoms with E-state index in [1.54, 1.807) is 31.3 Å². The van der Waals surface area contributed by atoms with E-state index in [4.69, 9.17) is 33.9 Å². The van der Waals surface area contributed by atoms with Crippen LogP contribution in [0.5, 0.6) is 0 Å². The number of benzene rings is 2. The van der Waals surface area contributed by atoms with Crippen molar-refractivity contribution in [2.75, 3.05) is 13.1 Å². The normalized spacial score (nSPS) is 12.7. The van der Waals surface area contributed by atoms with Crippen molar-refractivity contribution in [1.29, 1.82) is 10.8 Å². The third-order valence-electron chi connectivity index (χ3n) is 7.24. The van der Waals surface area contributed by atoms with Crippen molar-refractivity contribution >= 4 is 34.4 Å². The summed E-state index contributed by atoms with van der Waals surface area (Å²) in [7, 11) is 0. The summed E-state index contributed by atoms with van der Waals surface area (Å²) in [6.45, 7) is 5.29. The van der Waals surface area contributed by atoms with Crippen LogP contribution in [0.15, 0.2) is 53.5 Å². The van der Waals surface area contributed by atoms with Gasteiger partial charge >= 0.3 is 5.69 Å². The topological polar surface area (TPSA) is 187 Å². The second kappa shape index (κ2) is 15.0. The van der Waals surface area contributed by atoms with Gasteiger partial charge in [0.15, 0.2) is 11.8 Å². The molecule has 0 spiro atoms.